The Labute approximate surface area is 141 Å². The summed E-state index contributed by atoms with van der Waals surface area (Å²) in [6, 6.07) is 7.69. The lowest BCUT2D eigenvalue weighted by Gasteiger charge is -2.30. The van der Waals surface area contributed by atoms with Crippen LogP contribution in [0.15, 0.2) is 24.3 Å². The summed E-state index contributed by atoms with van der Waals surface area (Å²) in [4.78, 5) is 14.6. The zero-order valence-electron chi connectivity index (χ0n) is 13.1. The lowest BCUT2D eigenvalue weighted by atomic mass is 10.1. The van der Waals surface area contributed by atoms with Gasteiger partial charge in [0, 0.05) is 29.4 Å². The Morgan fingerprint density at radius 2 is 1.74 bits per heavy atom. The molecule has 0 N–H and O–H groups in total. The first-order valence-corrected chi connectivity index (χ1v) is 8.78. The Balaban J connectivity index is 1.80. The molecule has 0 unspecified atom stereocenters. The zero-order valence-corrected chi connectivity index (χ0v) is 13.9. The van der Waals surface area contributed by atoms with Gasteiger partial charge in [0.25, 0.3) is 5.91 Å². The van der Waals surface area contributed by atoms with E-state index in [1.54, 1.807) is 0 Å². The topological polar surface area (TPSA) is 38.1 Å². The van der Waals surface area contributed by atoms with Crippen molar-refractivity contribution in [3.63, 3.8) is 0 Å². The molecular formula is C18H20ClN3O. The molecule has 2 heterocycles. The molecule has 1 aliphatic heterocycles. The van der Waals surface area contributed by atoms with Crippen LogP contribution in [0.4, 0.5) is 0 Å². The van der Waals surface area contributed by atoms with E-state index in [1.165, 1.54) is 12.1 Å². The molecule has 1 fully saturated rings. The lowest BCUT2D eigenvalue weighted by Crippen LogP contribution is -2.42. The first-order valence-electron chi connectivity index (χ1n) is 8.40. The van der Waals surface area contributed by atoms with Gasteiger partial charge in [-0.05, 0) is 56.4 Å². The van der Waals surface area contributed by atoms with Crippen LogP contribution in [0, 0.1) is 0 Å². The van der Waals surface area contributed by atoms with Crippen LogP contribution < -0.4 is 0 Å². The number of likely N-dealkylation sites (tertiary alicyclic amines) is 1. The average Bonchev–Trinajstić information content (AvgIpc) is 2.69. The van der Waals surface area contributed by atoms with Gasteiger partial charge in [0.15, 0.2) is 5.69 Å². The maximum Gasteiger partial charge on any atom is 0.274 e. The Kier molecular flexibility index (Phi) is 3.85. The van der Waals surface area contributed by atoms with E-state index in [9.17, 15) is 4.79 Å². The van der Waals surface area contributed by atoms with E-state index in [0.29, 0.717) is 10.7 Å². The van der Waals surface area contributed by atoms with Gasteiger partial charge in [0.1, 0.15) is 0 Å². The number of amides is 1. The SMILES string of the molecule is O=C(c1nn(-c2ccc(Cl)cc2)c2c1CCCCC2)N1CCC1. The molecule has 0 spiro atoms. The molecule has 1 saturated heterocycles. The average molecular weight is 330 g/mol. The quantitative estimate of drug-likeness (QED) is 0.789. The molecular weight excluding hydrogens is 310 g/mol. The minimum atomic E-state index is 0.0992. The van der Waals surface area contributed by atoms with Gasteiger partial charge in [0.2, 0.25) is 0 Å². The third-order valence-corrected chi connectivity index (χ3v) is 5.10. The number of rotatable bonds is 2. The number of nitrogens with zero attached hydrogens (tertiary/aromatic N) is 3. The molecule has 2 aliphatic rings. The molecule has 1 aliphatic carbocycles. The van der Waals surface area contributed by atoms with Crippen molar-refractivity contribution in [3.05, 3.63) is 46.2 Å². The molecule has 0 radical (unpaired) electrons. The van der Waals surface area contributed by atoms with E-state index in [-0.39, 0.29) is 5.91 Å². The molecule has 0 atom stereocenters. The van der Waals surface area contributed by atoms with Crippen LogP contribution >= 0.6 is 11.6 Å². The molecule has 1 aromatic heterocycles. The third kappa shape index (κ3) is 2.65. The summed E-state index contributed by atoms with van der Waals surface area (Å²) >= 11 is 6.00. The van der Waals surface area contributed by atoms with Gasteiger partial charge in [-0.2, -0.15) is 5.10 Å². The molecule has 5 heteroatoms. The molecule has 1 aromatic carbocycles. The maximum absolute atomic E-state index is 12.7. The number of carbonyl (C=O) groups excluding carboxylic acids is 1. The highest BCUT2D eigenvalue weighted by molar-refractivity contribution is 6.30. The van der Waals surface area contributed by atoms with Gasteiger partial charge in [-0.25, -0.2) is 4.68 Å². The number of hydrogen-bond donors (Lipinski definition) is 0. The molecule has 0 bridgehead atoms. The third-order valence-electron chi connectivity index (χ3n) is 4.85. The van der Waals surface area contributed by atoms with Crippen molar-refractivity contribution in [2.75, 3.05) is 13.1 Å². The first-order chi connectivity index (χ1) is 11.2. The van der Waals surface area contributed by atoms with E-state index in [4.69, 9.17) is 16.7 Å². The fraction of sp³-hybridized carbons (Fsp3) is 0.444. The van der Waals surface area contributed by atoms with Crippen molar-refractivity contribution in [1.82, 2.24) is 14.7 Å². The summed E-state index contributed by atoms with van der Waals surface area (Å²) in [6.45, 7) is 1.73. The molecule has 120 valence electrons. The van der Waals surface area contributed by atoms with Gasteiger partial charge in [-0.3, -0.25) is 4.79 Å². The van der Waals surface area contributed by atoms with Crippen LogP contribution in [-0.4, -0.2) is 33.7 Å². The van der Waals surface area contributed by atoms with Gasteiger partial charge in [0.05, 0.1) is 5.69 Å². The van der Waals surface area contributed by atoms with Crippen molar-refractivity contribution in [1.29, 1.82) is 0 Å². The summed E-state index contributed by atoms with van der Waals surface area (Å²) in [5.74, 6) is 0.0992. The molecule has 4 nitrogen and oxygen atoms in total. The Morgan fingerprint density at radius 1 is 1.00 bits per heavy atom. The van der Waals surface area contributed by atoms with E-state index in [0.717, 1.165) is 56.4 Å². The highest BCUT2D eigenvalue weighted by atomic mass is 35.5. The smallest absolute Gasteiger partial charge is 0.274 e. The summed E-state index contributed by atoms with van der Waals surface area (Å²) in [5, 5.41) is 5.43. The van der Waals surface area contributed by atoms with Crippen molar-refractivity contribution in [3.8, 4) is 5.69 Å². The predicted molar refractivity (Wildman–Crippen MR) is 90.4 cm³/mol. The zero-order chi connectivity index (χ0) is 15.8. The summed E-state index contributed by atoms with van der Waals surface area (Å²) in [7, 11) is 0. The van der Waals surface area contributed by atoms with Crippen LogP contribution in [-0.2, 0) is 12.8 Å². The monoisotopic (exact) mass is 329 g/mol. The van der Waals surface area contributed by atoms with Crippen LogP contribution in [0.25, 0.3) is 5.69 Å². The second-order valence-electron chi connectivity index (χ2n) is 6.37. The molecule has 2 aromatic rings. The minimum Gasteiger partial charge on any atom is -0.337 e. The first kappa shape index (κ1) is 14.8. The van der Waals surface area contributed by atoms with Crippen LogP contribution in [0.3, 0.4) is 0 Å². The summed E-state index contributed by atoms with van der Waals surface area (Å²) < 4.78 is 1.96. The predicted octanol–water partition coefficient (Wildman–Crippen LogP) is 3.64. The summed E-state index contributed by atoms with van der Waals surface area (Å²) in [6.07, 6.45) is 6.55. The maximum atomic E-state index is 12.7. The van der Waals surface area contributed by atoms with Gasteiger partial charge >= 0.3 is 0 Å². The van der Waals surface area contributed by atoms with Gasteiger partial charge < -0.3 is 4.90 Å². The standard InChI is InChI=1S/C18H20ClN3O/c19-13-7-9-14(10-8-13)22-16-6-3-1-2-5-15(16)17(20-22)18(23)21-11-4-12-21/h7-10H,1-6,11-12H2. The van der Waals surface area contributed by atoms with Crippen molar-refractivity contribution in [2.24, 2.45) is 0 Å². The molecule has 4 rings (SSSR count). The van der Waals surface area contributed by atoms with E-state index in [2.05, 4.69) is 0 Å². The van der Waals surface area contributed by atoms with Crippen LogP contribution in [0.2, 0.25) is 5.02 Å². The number of carbonyl (C=O) groups is 1. The van der Waals surface area contributed by atoms with Crippen LogP contribution in [0.1, 0.15) is 47.4 Å². The molecule has 1 amide bonds. The van der Waals surface area contributed by atoms with Gasteiger partial charge in [-0.1, -0.05) is 18.0 Å². The number of fused-ring (bicyclic) bond motifs is 1. The van der Waals surface area contributed by atoms with E-state index in [1.807, 2.05) is 33.8 Å². The Hall–Kier alpha value is -1.81. The highest BCUT2D eigenvalue weighted by Gasteiger charge is 2.29. The normalized spacial score (nSPS) is 17.3. The molecule has 0 saturated carbocycles. The lowest BCUT2D eigenvalue weighted by molar-refractivity contribution is 0.0644. The fourth-order valence-corrected chi connectivity index (χ4v) is 3.54. The number of aromatic nitrogens is 2. The number of halogens is 1. The summed E-state index contributed by atoms with van der Waals surface area (Å²) in [5.41, 5.74) is 4.01. The second-order valence-corrected chi connectivity index (χ2v) is 6.80. The Bertz CT molecular complexity index is 731. The number of benzene rings is 1. The largest absolute Gasteiger partial charge is 0.337 e. The van der Waals surface area contributed by atoms with Gasteiger partial charge in [-0.15, -0.1) is 0 Å². The van der Waals surface area contributed by atoms with Crippen molar-refractivity contribution >= 4 is 17.5 Å². The minimum absolute atomic E-state index is 0.0992. The van der Waals surface area contributed by atoms with Crippen molar-refractivity contribution in [2.45, 2.75) is 38.5 Å². The van der Waals surface area contributed by atoms with E-state index >= 15 is 0 Å². The van der Waals surface area contributed by atoms with Crippen molar-refractivity contribution < 1.29 is 4.79 Å². The number of hydrogen-bond acceptors (Lipinski definition) is 2. The van der Waals surface area contributed by atoms with Crippen LogP contribution in [0.5, 0.6) is 0 Å². The van der Waals surface area contributed by atoms with E-state index < -0.39 is 0 Å². The Morgan fingerprint density at radius 3 is 2.43 bits per heavy atom. The highest BCUT2D eigenvalue weighted by Crippen LogP contribution is 2.28. The molecule has 23 heavy (non-hydrogen) atoms. The second kappa shape index (κ2) is 6.00. The fourth-order valence-electron chi connectivity index (χ4n) is 3.41.